The minimum atomic E-state index is -1.13. The number of aliphatic hydroxyl groups is 1. The molecule has 0 spiro atoms. The number of halogens is 4. The van der Waals surface area contributed by atoms with E-state index in [1.54, 1.807) is 18.2 Å². The van der Waals surface area contributed by atoms with Gasteiger partial charge < -0.3 is 10.4 Å². The number of hydrogen-bond donors (Lipinski definition) is 3. The Balaban J connectivity index is 1.80. The van der Waals surface area contributed by atoms with Gasteiger partial charge in [0.15, 0.2) is 11.6 Å². The molecule has 0 aromatic heterocycles. The predicted octanol–water partition coefficient (Wildman–Crippen LogP) is 6.70. The van der Waals surface area contributed by atoms with Gasteiger partial charge in [0.1, 0.15) is 11.6 Å². The second kappa shape index (κ2) is 11.3. The largest absolute Gasteiger partial charge is 0.377 e. The molecule has 38 heavy (non-hydrogen) atoms. The van der Waals surface area contributed by atoms with E-state index in [0.29, 0.717) is 22.0 Å². The summed E-state index contributed by atoms with van der Waals surface area (Å²) in [6.07, 6.45) is -0.482. The van der Waals surface area contributed by atoms with Crippen LogP contribution in [0.25, 0.3) is 0 Å². The molecule has 0 amide bonds. The van der Waals surface area contributed by atoms with E-state index in [2.05, 4.69) is 37.5 Å². The highest BCUT2D eigenvalue weighted by Gasteiger charge is 2.59. The van der Waals surface area contributed by atoms with Crippen LogP contribution in [-0.4, -0.2) is 23.4 Å². The molecule has 5 atom stereocenters. The Bertz CT molecular complexity index is 1320. The fraction of sp³-hybridized carbons (Fsp3) is 0.367. The number of nitrogens with zero attached hydrogens (tertiary/aromatic N) is 1. The summed E-state index contributed by atoms with van der Waals surface area (Å²) in [5.74, 6) is -2.39. The van der Waals surface area contributed by atoms with Crippen molar-refractivity contribution in [3.63, 3.8) is 0 Å². The lowest BCUT2D eigenvalue weighted by atomic mass is 9.63. The van der Waals surface area contributed by atoms with Gasteiger partial charge in [-0.25, -0.2) is 8.78 Å². The number of aliphatic hydroxyl groups excluding tert-OH is 1. The molecule has 1 unspecified atom stereocenters. The molecule has 3 aromatic rings. The van der Waals surface area contributed by atoms with E-state index >= 15 is 0 Å². The molecule has 200 valence electrons. The molecule has 3 aromatic carbocycles. The average molecular weight is 559 g/mol. The van der Waals surface area contributed by atoms with Crippen LogP contribution in [-0.2, 0) is 12.0 Å². The van der Waals surface area contributed by atoms with E-state index in [9.17, 15) is 19.1 Å². The van der Waals surface area contributed by atoms with Gasteiger partial charge >= 0.3 is 0 Å². The summed E-state index contributed by atoms with van der Waals surface area (Å²) in [6, 6.07) is 19.9. The standard InChI is InChI=1S/C30H31Cl2F2N3O/c1-29(2,3)15-25-30(17-35,20-8-10-21(31)11-9-20)26(19-5-4-6-22(32)14-19)27(37-25)28(38)36-16-18-7-12-23(33)24(34)13-18/h4-14,25-28,36-38H,15-16H2,1-3H3/t25-,26-,27+,28?,30-/m0/s1. The number of nitrogens with one attached hydrogen (secondary N) is 2. The fourth-order valence-electron chi connectivity index (χ4n) is 5.55. The maximum absolute atomic E-state index is 13.8. The quantitative estimate of drug-likeness (QED) is 0.283. The Kier molecular flexibility index (Phi) is 8.46. The minimum Gasteiger partial charge on any atom is -0.377 e. The van der Waals surface area contributed by atoms with Gasteiger partial charge in [-0.1, -0.05) is 74.3 Å². The monoisotopic (exact) mass is 557 g/mol. The van der Waals surface area contributed by atoms with Crippen LogP contribution in [0.15, 0.2) is 66.7 Å². The van der Waals surface area contributed by atoms with E-state index < -0.39 is 35.2 Å². The molecule has 1 aliphatic heterocycles. The first-order valence-electron chi connectivity index (χ1n) is 12.5. The van der Waals surface area contributed by atoms with Crippen LogP contribution in [0.1, 0.15) is 49.8 Å². The zero-order valence-corrected chi connectivity index (χ0v) is 23.0. The molecule has 4 nitrogen and oxygen atoms in total. The van der Waals surface area contributed by atoms with Gasteiger partial charge in [0, 0.05) is 28.5 Å². The van der Waals surface area contributed by atoms with Crippen molar-refractivity contribution in [1.82, 2.24) is 10.6 Å². The molecular weight excluding hydrogens is 527 g/mol. The lowest BCUT2D eigenvalue weighted by molar-refractivity contribution is 0.0891. The van der Waals surface area contributed by atoms with Crippen molar-refractivity contribution in [3.05, 3.63) is 105 Å². The maximum atomic E-state index is 13.8. The molecule has 4 rings (SSSR count). The summed E-state index contributed by atoms with van der Waals surface area (Å²) >= 11 is 12.6. The number of hydrogen-bond acceptors (Lipinski definition) is 4. The summed E-state index contributed by atoms with van der Waals surface area (Å²) < 4.78 is 27.2. The van der Waals surface area contributed by atoms with Crippen LogP contribution in [0.5, 0.6) is 0 Å². The minimum absolute atomic E-state index is 0.100. The van der Waals surface area contributed by atoms with Crippen molar-refractivity contribution in [3.8, 4) is 6.07 Å². The third kappa shape index (κ3) is 5.88. The Morgan fingerprint density at radius 1 is 1.03 bits per heavy atom. The Labute approximate surface area is 232 Å². The summed E-state index contributed by atoms with van der Waals surface area (Å²) in [4.78, 5) is 0. The van der Waals surface area contributed by atoms with E-state index in [4.69, 9.17) is 23.2 Å². The lowest BCUT2D eigenvalue weighted by Crippen LogP contribution is -2.48. The summed E-state index contributed by atoms with van der Waals surface area (Å²) in [7, 11) is 0. The highest BCUT2D eigenvalue weighted by molar-refractivity contribution is 6.30. The number of nitriles is 1. The van der Waals surface area contributed by atoms with Crippen LogP contribution < -0.4 is 10.6 Å². The van der Waals surface area contributed by atoms with Crippen molar-refractivity contribution in [2.75, 3.05) is 0 Å². The normalized spacial score (nSPS) is 24.2. The van der Waals surface area contributed by atoms with Crippen molar-refractivity contribution in [2.24, 2.45) is 5.41 Å². The molecule has 1 heterocycles. The van der Waals surface area contributed by atoms with E-state index in [0.717, 1.165) is 23.3 Å². The molecule has 0 radical (unpaired) electrons. The smallest absolute Gasteiger partial charge is 0.159 e. The third-order valence-electron chi connectivity index (χ3n) is 7.16. The summed E-state index contributed by atoms with van der Waals surface area (Å²) in [5.41, 5.74) is 0.862. The Hall–Kier alpha value is -2.53. The third-order valence-corrected chi connectivity index (χ3v) is 7.65. The van der Waals surface area contributed by atoms with Gasteiger partial charge in [-0.2, -0.15) is 5.26 Å². The molecule has 0 bridgehead atoms. The highest BCUT2D eigenvalue weighted by atomic mass is 35.5. The topological polar surface area (TPSA) is 68.1 Å². The summed E-state index contributed by atoms with van der Waals surface area (Å²) in [5, 5.41) is 30.1. The van der Waals surface area contributed by atoms with Gasteiger partial charge in [0.05, 0.1) is 12.1 Å². The molecule has 1 fully saturated rings. The molecule has 8 heteroatoms. The SMILES string of the molecule is CC(C)(C)C[C@@H]1N[C@@H](C(O)NCc2ccc(F)c(F)c2)[C@H](c2cccc(Cl)c2)[C@@]1(C#N)c1ccc(Cl)cc1. The first-order chi connectivity index (χ1) is 17.9. The van der Waals surface area contributed by atoms with Gasteiger partial charge in [0.2, 0.25) is 0 Å². The molecule has 3 N–H and O–H groups in total. The van der Waals surface area contributed by atoms with Crippen LogP contribution >= 0.6 is 23.2 Å². The predicted molar refractivity (Wildman–Crippen MR) is 147 cm³/mol. The fourth-order valence-corrected chi connectivity index (χ4v) is 5.88. The van der Waals surface area contributed by atoms with Crippen molar-refractivity contribution in [1.29, 1.82) is 5.26 Å². The number of benzene rings is 3. The molecular formula is C30H31Cl2F2N3O. The Morgan fingerprint density at radius 2 is 1.74 bits per heavy atom. The first-order valence-corrected chi connectivity index (χ1v) is 13.2. The van der Waals surface area contributed by atoms with Crippen LogP contribution in [0.3, 0.4) is 0 Å². The van der Waals surface area contributed by atoms with E-state index in [1.165, 1.54) is 6.07 Å². The van der Waals surface area contributed by atoms with E-state index in [1.807, 2.05) is 30.3 Å². The van der Waals surface area contributed by atoms with Gasteiger partial charge in [-0.3, -0.25) is 5.32 Å². The molecule has 0 aliphatic carbocycles. The lowest BCUT2D eigenvalue weighted by Gasteiger charge is -2.37. The first kappa shape index (κ1) is 28.5. The summed E-state index contributed by atoms with van der Waals surface area (Å²) in [6.45, 7) is 6.43. The highest BCUT2D eigenvalue weighted by Crippen LogP contribution is 2.51. The second-order valence-electron chi connectivity index (χ2n) is 11.1. The van der Waals surface area contributed by atoms with Gasteiger partial charge in [-0.05, 0) is 64.9 Å². The van der Waals surface area contributed by atoms with Crippen molar-refractivity contribution < 1.29 is 13.9 Å². The van der Waals surface area contributed by atoms with Gasteiger partial charge in [0.25, 0.3) is 0 Å². The molecule has 1 aliphatic rings. The van der Waals surface area contributed by atoms with Crippen LogP contribution in [0.4, 0.5) is 8.78 Å². The molecule has 0 saturated carbocycles. The maximum Gasteiger partial charge on any atom is 0.159 e. The Morgan fingerprint density at radius 3 is 2.34 bits per heavy atom. The van der Waals surface area contributed by atoms with Crippen LogP contribution in [0, 0.1) is 28.4 Å². The van der Waals surface area contributed by atoms with E-state index in [-0.39, 0.29) is 18.0 Å². The van der Waals surface area contributed by atoms with Crippen molar-refractivity contribution >= 4 is 23.2 Å². The zero-order chi connectivity index (χ0) is 27.7. The average Bonchev–Trinajstić information content (AvgIpc) is 3.18. The van der Waals surface area contributed by atoms with Crippen LogP contribution in [0.2, 0.25) is 10.0 Å². The number of rotatable bonds is 7. The molecule has 1 saturated heterocycles. The van der Waals surface area contributed by atoms with Gasteiger partial charge in [-0.15, -0.1) is 0 Å². The van der Waals surface area contributed by atoms with Crippen molar-refractivity contribution in [2.45, 2.75) is 63.4 Å². The zero-order valence-electron chi connectivity index (χ0n) is 21.5. The second-order valence-corrected chi connectivity index (χ2v) is 12.0.